The Hall–Kier alpha value is -9.64. The van der Waals surface area contributed by atoms with Crippen LogP contribution in [0, 0.1) is 94.7 Å². The van der Waals surface area contributed by atoms with Crippen molar-refractivity contribution < 1.29 is 8.83 Å². The molecule has 14 aromatic rings. The van der Waals surface area contributed by atoms with Crippen LogP contribution < -0.4 is 9.80 Å². The standard InChI is InChI=1S/C108H100N2O2/c1-3-13-69(14-4-1)89-17-7-8-20-94(89)108-96-30-26-83(109(85-23-27-92-90-18-9-11-21-99(90)111-101(92)59-85)87-53-79(103-71-35-61-31-62(37-71)38-72(103)36-61)51-80(54-87)104-73-39-63-32-64(41-73)42-74(104)40-63)57-97(96)107(70-15-5-2-6-16-70)95-29-25-84(58-98(95)108)110(86-24-28-93-91-19-10-12-22-100(91)112-102(93)60-86)88-55-81(105-75-43-65-33-66(45-75)46-76(105)44-65)52-82(56-88)106-77-47-67-34-68(49-77)50-78(106)48-67/h1-30,51-68,71-78,103-106H,31-50H2. The van der Waals surface area contributed by atoms with Crippen LogP contribution in [-0.4, -0.2) is 0 Å². The first-order valence-electron chi connectivity index (χ1n) is 44.3. The SMILES string of the molecule is c1ccc(-c2ccccc2-c2c3ccc(N(c4cc(C5C6CC7CC(C6)CC5C7)cc(C5C6CC7CC(C6)CC5C7)c4)c4ccc5c(c4)oc4ccccc45)cc3c(-c3ccccc3)c3ccc(N(c4cc(C5C6CC7CC(C6)CC5C7)cc(C5C6CC7CC(C6)CC5C7)c4)c4ccc5c(c4)oc4ccccc45)cc23)cc1. The van der Waals surface area contributed by atoms with Gasteiger partial charge in [0.2, 0.25) is 0 Å². The van der Waals surface area contributed by atoms with Crippen LogP contribution in [0.15, 0.2) is 251 Å². The van der Waals surface area contributed by atoms with Crippen molar-refractivity contribution in [2.75, 3.05) is 9.80 Å². The van der Waals surface area contributed by atoms with Gasteiger partial charge in [0.25, 0.3) is 0 Å². The molecule has 554 valence electrons. The second-order valence-electron chi connectivity index (χ2n) is 39.3. The highest BCUT2D eigenvalue weighted by Crippen LogP contribution is 2.67. The lowest BCUT2D eigenvalue weighted by Gasteiger charge is -2.56. The Balaban J connectivity index is 0.725. The van der Waals surface area contributed by atoms with Gasteiger partial charge in [-0.15, -0.1) is 0 Å². The molecule has 2 aromatic heterocycles. The van der Waals surface area contributed by atoms with Gasteiger partial charge in [-0.3, -0.25) is 0 Å². The molecule has 16 saturated carbocycles. The second kappa shape index (κ2) is 24.9. The van der Waals surface area contributed by atoms with Crippen molar-refractivity contribution in [2.24, 2.45) is 94.7 Å². The van der Waals surface area contributed by atoms with Gasteiger partial charge in [0.1, 0.15) is 22.3 Å². The van der Waals surface area contributed by atoms with Crippen molar-refractivity contribution in [2.45, 2.75) is 152 Å². The highest BCUT2D eigenvalue weighted by Gasteiger charge is 2.54. The first kappa shape index (κ1) is 64.8. The maximum atomic E-state index is 6.98. The molecule has 0 N–H and O–H groups in total. The number of hydrogen-bond acceptors (Lipinski definition) is 4. The molecule has 16 fully saturated rings. The molecule has 0 atom stereocenters. The number of furan rings is 2. The molecule has 16 aliphatic carbocycles. The van der Waals surface area contributed by atoms with Gasteiger partial charge in [-0.05, 0) is 409 Å². The minimum atomic E-state index is 0.601. The summed E-state index contributed by atoms with van der Waals surface area (Å²) >= 11 is 0. The fourth-order valence-corrected chi connectivity index (χ4v) is 30.1. The van der Waals surface area contributed by atoms with Crippen molar-refractivity contribution in [3.63, 3.8) is 0 Å². The number of rotatable bonds is 13. The summed E-state index contributed by atoms with van der Waals surface area (Å²) in [5, 5.41) is 9.69. The molecule has 16 aliphatic rings. The number of nitrogens with zero attached hydrogens (tertiary/aromatic N) is 2. The van der Waals surface area contributed by atoms with Gasteiger partial charge >= 0.3 is 0 Å². The topological polar surface area (TPSA) is 32.8 Å². The summed E-state index contributed by atoms with van der Waals surface area (Å²) < 4.78 is 14.0. The van der Waals surface area contributed by atoms with Crippen molar-refractivity contribution in [1.82, 2.24) is 0 Å². The number of benzene rings is 12. The average molecular weight is 1460 g/mol. The molecule has 30 rings (SSSR count). The summed E-state index contributed by atoms with van der Waals surface area (Å²) in [4.78, 5) is 5.41. The van der Waals surface area contributed by atoms with Gasteiger partial charge in [-0.1, -0.05) is 146 Å². The van der Waals surface area contributed by atoms with E-state index >= 15 is 0 Å². The molecule has 0 amide bonds. The smallest absolute Gasteiger partial charge is 0.137 e. The van der Waals surface area contributed by atoms with Crippen molar-refractivity contribution in [3.05, 3.63) is 265 Å². The lowest BCUT2D eigenvalue weighted by atomic mass is 9.49. The number of para-hydroxylation sites is 2. The van der Waals surface area contributed by atoms with Crippen molar-refractivity contribution in [1.29, 1.82) is 0 Å². The van der Waals surface area contributed by atoms with Gasteiger partial charge in [0.15, 0.2) is 0 Å². The Morgan fingerprint density at radius 3 is 0.875 bits per heavy atom. The van der Waals surface area contributed by atoms with E-state index < -0.39 is 0 Å². The fourth-order valence-electron chi connectivity index (χ4n) is 30.1. The molecule has 0 spiro atoms. The fraction of sp³-hybridized carbons (Fsp3) is 0.370. The highest BCUT2D eigenvalue weighted by atomic mass is 16.3. The third-order valence-corrected chi connectivity index (χ3v) is 33.1. The quantitative estimate of drug-likeness (QED) is 0.108. The molecule has 12 aromatic carbocycles. The zero-order valence-corrected chi connectivity index (χ0v) is 64.5. The van der Waals surface area contributed by atoms with Crippen molar-refractivity contribution in [3.8, 4) is 33.4 Å². The molecule has 4 nitrogen and oxygen atoms in total. The van der Waals surface area contributed by atoms with Crippen LogP contribution in [0.1, 0.15) is 174 Å². The minimum absolute atomic E-state index is 0.601. The predicted molar refractivity (Wildman–Crippen MR) is 461 cm³/mol. The average Bonchev–Trinajstić information content (AvgIpc) is 0.778. The maximum absolute atomic E-state index is 6.98. The van der Waals surface area contributed by atoms with Gasteiger partial charge in [-0.25, -0.2) is 0 Å². The monoisotopic (exact) mass is 1460 g/mol. The van der Waals surface area contributed by atoms with Crippen LogP contribution in [0.5, 0.6) is 0 Å². The third-order valence-electron chi connectivity index (χ3n) is 33.1. The molecular formula is C108H100N2O2. The second-order valence-corrected chi connectivity index (χ2v) is 39.3. The van der Waals surface area contributed by atoms with E-state index in [4.69, 9.17) is 8.83 Å². The lowest BCUT2D eigenvalue weighted by molar-refractivity contribution is -0.00507. The predicted octanol–water partition coefficient (Wildman–Crippen LogP) is 29.9. The van der Waals surface area contributed by atoms with Crippen LogP contribution in [-0.2, 0) is 0 Å². The van der Waals surface area contributed by atoms with Crippen LogP contribution in [0.4, 0.5) is 34.1 Å². The Morgan fingerprint density at radius 1 is 0.196 bits per heavy atom. The number of hydrogen-bond donors (Lipinski definition) is 0. The van der Waals surface area contributed by atoms with Crippen LogP contribution >= 0.6 is 0 Å². The van der Waals surface area contributed by atoms with E-state index in [1.807, 2.05) is 0 Å². The summed E-state index contributed by atoms with van der Waals surface area (Å²) in [5.74, 6) is 15.9. The molecule has 4 heteroatoms. The van der Waals surface area contributed by atoms with Crippen LogP contribution in [0.3, 0.4) is 0 Å². The normalized spacial score (nSPS) is 31.4. The maximum Gasteiger partial charge on any atom is 0.137 e. The summed E-state index contributed by atoms with van der Waals surface area (Å²) in [6.07, 6.45) is 28.4. The molecule has 0 radical (unpaired) electrons. The molecule has 0 unspecified atom stereocenters. The van der Waals surface area contributed by atoms with Gasteiger partial charge in [0.05, 0.1) is 0 Å². The molecule has 112 heavy (non-hydrogen) atoms. The zero-order chi connectivity index (χ0) is 72.7. The zero-order valence-electron chi connectivity index (χ0n) is 64.5. The lowest BCUT2D eigenvalue weighted by Crippen LogP contribution is -2.44. The molecular weight excluding hydrogens is 1360 g/mol. The highest BCUT2D eigenvalue weighted by molar-refractivity contribution is 6.24. The number of fused-ring (bicyclic) bond motifs is 8. The Morgan fingerprint density at radius 2 is 0.491 bits per heavy atom. The molecule has 16 bridgehead atoms. The van der Waals surface area contributed by atoms with Gasteiger partial charge in [-0.2, -0.15) is 0 Å². The third kappa shape index (κ3) is 10.2. The number of anilines is 6. The van der Waals surface area contributed by atoms with Gasteiger partial charge < -0.3 is 18.6 Å². The molecule has 0 aliphatic heterocycles. The first-order chi connectivity index (χ1) is 55.3. The van der Waals surface area contributed by atoms with Crippen LogP contribution in [0.25, 0.3) is 98.8 Å². The van der Waals surface area contributed by atoms with E-state index in [2.05, 4.69) is 252 Å². The summed E-state index contributed by atoms with van der Waals surface area (Å²) in [5.41, 5.74) is 25.0. The largest absolute Gasteiger partial charge is 0.456 e. The molecule has 0 saturated heterocycles. The first-order valence-corrected chi connectivity index (χ1v) is 44.3. The Labute approximate surface area is 659 Å². The minimum Gasteiger partial charge on any atom is -0.456 e. The van der Waals surface area contributed by atoms with E-state index in [-0.39, 0.29) is 0 Å². The van der Waals surface area contributed by atoms with E-state index in [1.54, 1.807) is 22.3 Å². The Kier molecular flexibility index (Phi) is 14.4. The summed E-state index contributed by atoms with van der Waals surface area (Å²) in [6, 6.07) is 96.0. The van der Waals surface area contributed by atoms with E-state index in [0.29, 0.717) is 23.7 Å². The summed E-state index contributed by atoms with van der Waals surface area (Å²) in [6.45, 7) is 0. The van der Waals surface area contributed by atoms with E-state index in [9.17, 15) is 0 Å². The Bertz CT molecular complexity index is 5920. The van der Waals surface area contributed by atoms with Gasteiger partial charge in [0, 0.05) is 67.8 Å². The molecule has 2 heterocycles. The van der Waals surface area contributed by atoms with E-state index in [0.717, 1.165) is 128 Å². The van der Waals surface area contributed by atoms with E-state index in [1.165, 1.54) is 228 Å². The summed E-state index contributed by atoms with van der Waals surface area (Å²) in [7, 11) is 0. The van der Waals surface area contributed by atoms with Crippen molar-refractivity contribution >= 4 is 99.5 Å². The van der Waals surface area contributed by atoms with Crippen LogP contribution in [0.2, 0.25) is 0 Å².